The van der Waals surface area contributed by atoms with Crippen LogP contribution >= 0.6 is 0 Å². The molecule has 1 saturated heterocycles. The molecule has 1 amide bonds. The largest absolute Gasteiger partial charge is 0.481 e. The van der Waals surface area contributed by atoms with Crippen molar-refractivity contribution in [1.82, 2.24) is 14.7 Å². The predicted octanol–water partition coefficient (Wildman–Crippen LogP) is -0.729. The Balaban J connectivity index is 1.77. The van der Waals surface area contributed by atoms with Crippen molar-refractivity contribution in [3.63, 3.8) is 0 Å². The zero-order valence-electron chi connectivity index (χ0n) is 10.5. The van der Waals surface area contributed by atoms with Gasteiger partial charge in [0.05, 0.1) is 0 Å². The third-order valence-corrected chi connectivity index (χ3v) is 4.34. The average molecular weight is 279 g/mol. The van der Waals surface area contributed by atoms with E-state index in [1.165, 1.54) is 15.8 Å². The first-order chi connectivity index (χ1) is 9.41. The van der Waals surface area contributed by atoms with Crippen molar-refractivity contribution in [2.75, 3.05) is 13.1 Å². The van der Waals surface area contributed by atoms with Crippen LogP contribution in [0.3, 0.4) is 0 Å². The highest BCUT2D eigenvalue weighted by Crippen LogP contribution is 2.68. The number of carbonyl (C=O) groups excluding carboxylic acids is 1. The summed E-state index contributed by atoms with van der Waals surface area (Å²) in [5, 5.41) is 22.4. The normalized spacial score (nSPS) is 30.9. The van der Waals surface area contributed by atoms with E-state index in [2.05, 4.69) is 5.10 Å². The zero-order valence-corrected chi connectivity index (χ0v) is 10.5. The van der Waals surface area contributed by atoms with Crippen LogP contribution in [0.2, 0.25) is 0 Å². The number of carboxylic acids is 2. The van der Waals surface area contributed by atoms with Gasteiger partial charge in [0, 0.05) is 25.5 Å². The van der Waals surface area contributed by atoms with E-state index in [0.29, 0.717) is 0 Å². The molecule has 1 saturated carbocycles. The molecule has 3 rings (SSSR count). The highest BCUT2D eigenvalue weighted by Gasteiger charge is 2.81. The molecule has 1 aliphatic heterocycles. The monoisotopic (exact) mass is 279 g/mol. The Morgan fingerprint density at radius 1 is 1.15 bits per heavy atom. The molecule has 1 aromatic rings. The minimum atomic E-state index is -1.32. The SMILES string of the molecule is O=C(Cn1cccn1)N1C[C@@]2(C(=O)O)C[C@@]2(C(=O)O)C1. The second-order valence-electron chi connectivity index (χ2n) is 5.40. The summed E-state index contributed by atoms with van der Waals surface area (Å²) in [6.07, 6.45) is 3.25. The first-order valence-electron chi connectivity index (χ1n) is 6.13. The molecule has 2 atom stereocenters. The van der Waals surface area contributed by atoms with Crippen LogP contribution in [0.25, 0.3) is 0 Å². The van der Waals surface area contributed by atoms with E-state index in [0.717, 1.165) is 0 Å². The highest BCUT2D eigenvalue weighted by atomic mass is 16.4. The first kappa shape index (κ1) is 12.6. The Labute approximate surface area is 113 Å². The fourth-order valence-electron chi connectivity index (χ4n) is 3.10. The molecule has 1 aromatic heterocycles. The highest BCUT2D eigenvalue weighted by molar-refractivity contribution is 5.96. The van der Waals surface area contributed by atoms with Crippen molar-refractivity contribution in [2.24, 2.45) is 10.8 Å². The smallest absolute Gasteiger partial charge is 0.312 e. The molecule has 106 valence electrons. The Hall–Kier alpha value is -2.38. The van der Waals surface area contributed by atoms with Crippen molar-refractivity contribution in [1.29, 1.82) is 0 Å². The lowest BCUT2D eigenvalue weighted by atomic mass is 9.97. The van der Waals surface area contributed by atoms with Crippen molar-refractivity contribution in [2.45, 2.75) is 13.0 Å². The summed E-state index contributed by atoms with van der Waals surface area (Å²) in [5.41, 5.74) is -2.64. The van der Waals surface area contributed by atoms with Crippen molar-refractivity contribution < 1.29 is 24.6 Å². The molecular weight excluding hydrogens is 266 g/mol. The van der Waals surface area contributed by atoms with E-state index < -0.39 is 22.8 Å². The van der Waals surface area contributed by atoms with Crippen molar-refractivity contribution in [3.05, 3.63) is 18.5 Å². The van der Waals surface area contributed by atoms with Crippen LogP contribution in [0.5, 0.6) is 0 Å². The molecule has 1 aliphatic carbocycles. The Bertz CT molecular complexity index is 570. The maximum Gasteiger partial charge on any atom is 0.312 e. The number of amides is 1. The van der Waals surface area contributed by atoms with E-state index in [4.69, 9.17) is 0 Å². The summed E-state index contributed by atoms with van der Waals surface area (Å²) in [7, 11) is 0. The van der Waals surface area contributed by atoms with Gasteiger partial charge >= 0.3 is 11.9 Å². The predicted molar refractivity (Wildman–Crippen MR) is 63.6 cm³/mol. The Kier molecular flexibility index (Phi) is 2.41. The van der Waals surface area contributed by atoms with E-state index in [1.807, 2.05) is 0 Å². The number of likely N-dealkylation sites (tertiary alicyclic amines) is 1. The molecule has 2 aliphatic rings. The molecule has 0 radical (unpaired) electrons. The molecular formula is C12H13N3O5. The van der Waals surface area contributed by atoms with Crippen LogP contribution in [0.15, 0.2) is 18.5 Å². The van der Waals surface area contributed by atoms with E-state index in [-0.39, 0.29) is 32.0 Å². The van der Waals surface area contributed by atoms with Crippen LogP contribution in [-0.4, -0.2) is 55.8 Å². The molecule has 2 heterocycles. The average Bonchev–Trinajstić information content (AvgIpc) is 2.77. The fraction of sp³-hybridized carbons (Fsp3) is 0.500. The number of piperidine rings is 1. The van der Waals surface area contributed by atoms with Crippen LogP contribution in [0.4, 0.5) is 0 Å². The standard InChI is InChI=1S/C12H13N3O5/c16-8(4-15-3-1-2-13-15)14-6-11(9(17)18)5-12(11,7-14)10(19)20/h1-3H,4-7H2,(H,17,18)(H,19,20)/t11-,12+. The number of carbonyl (C=O) groups is 3. The van der Waals surface area contributed by atoms with E-state index >= 15 is 0 Å². The van der Waals surface area contributed by atoms with Gasteiger partial charge in [0.1, 0.15) is 17.4 Å². The molecule has 2 fully saturated rings. The molecule has 8 heteroatoms. The van der Waals surface area contributed by atoms with Gasteiger partial charge in [-0.3, -0.25) is 19.1 Å². The quantitative estimate of drug-likeness (QED) is 0.751. The zero-order chi connectivity index (χ0) is 14.5. The number of fused-ring (bicyclic) bond motifs is 1. The van der Waals surface area contributed by atoms with Gasteiger partial charge in [-0.1, -0.05) is 0 Å². The van der Waals surface area contributed by atoms with E-state index in [9.17, 15) is 24.6 Å². The molecule has 0 bridgehead atoms. The summed E-state index contributed by atoms with van der Waals surface area (Å²) >= 11 is 0. The minimum Gasteiger partial charge on any atom is -0.481 e. The number of rotatable bonds is 4. The number of hydrogen-bond donors (Lipinski definition) is 2. The third kappa shape index (κ3) is 1.47. The first-order valence-corrected chi connectivity index (χ1v) is 6.13. The molecule has 0 unspecified atom stereocenters. The molecule has 0 spiro atoms. The summed E-state index contributed by atoms with van der Waals surface area (Å²) in [6, 6.07) is 1.67. The van der Waals surface area contributed by atoms with E-state index in [1.54, 1.807) is 12.3 Å². The van der Waals surface area contributed by atoms with Crippen LogP contribution in [0.1, 0.15) is 6.42 Å². The molecule has 8 nitrogen and oxygen atoms in total. The number of hydrogen-bond acceptors (Lipinski definition) is 4. The van der Waals surface area contributed by atoms with Gasteiger partial charge < -0.3 is 15.1 Å². The van der Waals surface area contributed by atoms with Crippen molar-refractivity contribution in [3.8, 4) is 0 Å². The van der Waals surface area contributed by atoms with Gasteiger partial charge in [-0.05, 0) is 12.5 Å². The van der Waals surface area contributed by atoms with Gasteiger partial charge in [0.2, 0.25) is 5.91 Å². The Morgan fingerprint density at radius 2 is 1.75 bits per heavy atom. The number of nitrogens with zero attached hydrogens (tertiary/aromatic N) is 3. The van der Waals surface area contributed by atoms with Crippen LogP contribution in [0, 0.1) is 10.8 Å². The third-order valence-electron chi connectivity index (χ3n) is 4.34. The molecule has 20 heavy (non-hydrogen) atoms. The topological polar surface area (TPSA) is 113 Å². The van der Waals surface area contributed by atoms with Gasteiger partial charge in [-0.25, -0.2) is 0 Å². The van der Waals surface area contributed by atoms with Gasteiger partial charge in [-0.2, -0.15) is 5.10 Å². The molecule has 0 aromatic carbocycles. The summed E-state index contributed by atoms with van der Waals surface area (Å²) in [4.78, 5) is 36.1. The summed E-state index contributed by atoms with van der Waals surface area (Å²) < 4.78 is 1.42. The lowest BCUT2D eigenvalue weighted by Crippen LogP contribution is -2.36. The second kappa shape index (κ2) is 3.81. The lowest BCUT2D eigenvalue weighted by Gasteiger charge is -2.19. The maximum atomic E-state index is 12.1. The number of aliphatic carboxylic acids is 2. The van der Waals surface area contributed by atoms with Crippen molar-refractivity contribution >= 4 is 17.8 Å². The Morgan fingerprint density at radius 3 is 2.20 bits per heavy atom. The van der Waals surface area contributed by atoms with Crippen LogP contribution in [-0.2, 0) is 20.9 Å². The fourth-order valence-corrected chi connectivity index (χ4v) is 3.10. The van der Waals surface area contributed by atoms with Gasteiger partial charge in [0.15, 0.2) is 0 Å². The maximum absolute atomic E-state index is 12.1. The summed E-state index contributed by atoms with van der Waals surface area (Å²) in [6.45, 7) is -0.109. The molecule has 2 N–H and O–H groups in total. The van der Waals surface area contributed by atoms with Crippen LogP contribution < -0.4 is 0 Å². The number of carboxylic acid groups (broad SMARTS) is 2. The second-order valence-corrected chi connectivity index (χ2v) is 5.40. The minimum absolute atomic E-state index is 0.0155. The van der Waals surface area contributed by atoms with Gasteiger partial charge in [0.25, 0.3) is 0 Å². The summed E-state index contributed by atoms with van der Waals surface area (Å²) in [5.74, 6) is -2.61. The van der Waals surface area contributed by atoms with Gasteiger partial charge in [-0.15, -0.1) is 0 Å². The number of aromatic nitrogens is 2. The lowest BCUT2D eigenvalue weighted by molar-refractivity contribution is -0.151.